The lowest BCUT2D eigenvalue weighted by Gasteiger charge is -2.47. The number of halogens is 1. The summed E-state index contributed by atoms with van der Waals surface area (Å²) in [5, 5.41) is 8.75. The van der Waals surface area contributed by atoms with Gasteiger partial charge in [-0.05, 0) is 24.5 Å². The number of morpholine rings is 1. The molecule has 0 spiro atoms. The van der Waals surface area contributed by atoms with E-state index in [1.54, 1.807) is 11.0 Å². The van der Waals surface area contributed by atoms with Gasteiger partial charge in [0.2, 0.25) is 0 Å². The molecule has 2 aromatic rings. The number of amides is 1. The van der Waals surface area contributed by atoms with E-state index in [2.05, 4.69) is 0 Å². The normalized spacial score (nSPS) is 22.5. The van der Waals surface area contributed by atoms with Crippen molar-refractivity contribution in [2.24, 2.45) is 5.92 Å². The maximum atomic E-state index is 14.2. The molecule has 1 amide bonds. The molecule has 2 aromatic carbocycles. The molecule has 0 aromatic heterocycles. The second kappa shape index (κ2) is 9.27. The summed E-state index contributed by atoms with van der Waals surface area (Å²) in [4.78, 5) is 27.5. The van der Waals surface area contributed by atoms with E-state index in [0.717, 1.165) is 5.56 Å². The Morgan fingerprint density at radius 3 is 2.48 bits per heavy atom. The molecular weight excluding hydrogens is 399 g/mol. The first-order valence-electron chi connectivity index (χ1n) is 10.3. The number of nitriles is 1. The van der Waals surface area contributed by atoms with Crippen LogP contribution in [0.15, 0.2) is 48.5 Å². The number of benzene rings is 2. The van der Waals surface area contributed by atoms with Crippen LogP contribution in [-0.4, -0.2) is 42.1 Å². The molecule has 0 N–H and O–H groups in total. The molecule has 6 nitrogen and oxygen atoms in total. The number of carbonyl (C=O) groups excluding carboxylic acids is 2. The Kier molecular flexibility index (Phi) is 6.28. The molecule has 0 saturated carbocycles. The van der Waals surface area contributed by atoms with Crippen molar-refractivity contribution in [2.45, 2.75) is 38.0 Å². The maximum Gasteiger partial charge on any atom is 0.410 e. The lowest BCUT2D eigenvalue weighted by atomic mass is 9.80. The molecule has 2 bridgehead atoms. The molecule has 2 saturated heterocycles. The van der Waals surface area contributed by atoms with Crippen LogP contribution in [0.4, 0.5) is 9.18 Å². The van der Waals surface area contributed by atoms with Gasteiger partial charge in [-0.15, -0.1) is 0 Å². The molecule has 2 heterocycles. The Hall–Kier alpha value is -3.24. The number of carbonyl (C=O) groups is 2. The van der Waals surface area contributed by atoms with E-state index in [1.807, 2.05) is 36.4 Å². The maximum absolute atomic E-state index is 14.2. The highest BCUT2D eigenvalue weighted by Crippen LogP contribution is 2.34. The quantitative estimate of drug-likeness (QED) is 0.683. The Bertz CT molecular complexity index is 990. The number of fused-ring (bicyclic) bond motifs is 2. The number of ketones is 1. The number of ether oxygens (including phenoxy) is 2. The SMILES string of the molecule is N#CCc1ccc(C(=O)C2CC3COCC(C2)N3C(=O)OCc2ccccc2)cc1F. The third-order valence-corrected chi connectivity index (χ3v) is 5.91. The van der Waals surface area contributed by atoms with Gasteiger partial charge >= 0.3 is 6.09 Å². The van der Waals surface area contributed by atoms with Crippen LogP contribution in [-0.2, 0) is 22.5 Å². The molecule has 7 heteroatoms. The van der Waals surface area contributed by atoms with Crippen molar-refractivity contribution in [3.05, 3.63) is 71.0 Å². The number of Topliss-reactive ketones (excluding diaryl/α,β-unsaturated/α-hetero) is 1. The van der Waals surface area contributed by atoms with Crippen LogP contribution < -0.4 is 0 Å². The zero-order chi connectivity index (χ0) is 21.8. The first kappa shape index (κ1) is 21.0. The standard InChI is InChI=1S/C24H23FN2O4/c25-22-12-18(7-6-17(22)8-9-26)23(28)19-10-20-14-30-15-21(11-19)27(20)24(29)31-13-16-4-2-1-3-5-16/h1-7,12,19-21H,8,10-11,13-15H2. The fourth-order valence-electron chi connectivity index (χ4n) is 4.39. The lowest BCUT2D eigenvalue weighted by Crippen LogP contribution is -2.59. The summed E-state index contributed by atoms with van der Waals surface area (Å²) in [5.41, 5.74) is 1.48. The summed E-state index contributed by atoms with van der Waals surface area (Å²) in [6, 6.07) is 15.1. The monoisotopic (exact) mass is 422 g/mol. The predicted molar refractivity (Wildman–Crippen MR) is 110 cm³/mol. The second-order valence-electron chi connectivity index (χ2n) is 7.97. The average molecular weight is 422 g/mol. The van der Waals surface area contributed by atoms with Crippen molar-refractivity contribution >= 4 is 11.9 Å². The number of hydrogen-bond donors (Lipinski definition) is 0. The van der Waals surface area contributed by atoms with Crippen LogP contribution in [0.3, 0.4) is 0 Å². The second-order valence-corrected chi connectivity index (χ2v) is 7.97. The highest BCUT2D eigenvalue weighted by Gasteiger charge is 2.44. The van der Waals surface area contributed by atoms with Crippen molar-refractivity contribution in [1.82, 2.24) is 4.90 Å². The van der Waals surface area contributed by atoms with Gasteiger partial charge in [0.05, 0.1) is 37.8 Å². The summed E-state index contributed by atoms with van der Waals surface area (Å²) in [5.74, 6) is -1.01. The minimum Gasteiger partial charge on any atom is -0.445 e. The Morgan fingerprint density at radius 2 is 1.84 bits per heavy atom. The topological polar surface area (TPSA) is 79.6 Å². The molecule has 0 aliphatic carbocycles. The Balaban J connectivity index is 1.43. The third-order valence-electron chi connectivity index (χ3n) is 5.91. The van der Waals surface area contributed by atoms with E-state index in [0.29, 0.717) is 31.6 Å². The number of hydrogen-bond acceptors (Lipinski definition) is 5. The van der Waals surface area contributed by atoms with Gasteiger partial charge in [0, 0.05) is 17.0 Å². The van der Waals surface area contributed by atoms with E-state index >= 15 is 0 Å². The first-order chi connectivity index (χ1) is 15.1. The van der Waals surface area contributed by atoms with Crippen molar-refractivity contribution in [3.8, 4) is 6.07 Å². The fraction of sp³-hybridized carbons (Fsp3) is 0.375. The van der Waals surface area contributed by atoms with Crippen molar-refractivity contribution < 1.29 is 23.5 Å². The molecule has 0 radical (unpaired) electrons. The van der Waals surface area contributed by atoms with Gasteiger partial charge in [0.25, 0.3) is 0 Å². The van der Waals surface area contributed by atoms with Gasteiger partial charge in [-0.2, -0.15) is 5.26 Å². The van der Waals surface area contributed by atoms with Gasteiger partial charge in [0.15, 0.2) is 5.78 Å². The molecule has 160 valence electrons. The van der Waals surface area contributed by atoms with Crippen LogP contribution in [0.1, 0.15) is 34.3 Å². The molecule has 2 atom stereocenters. The van der Waals surface area contributed by atoms with Crippen molar-refractivity contribution in [2.75, 3.05) is 13.2 Å². The predicted octanol–water partition coefficient (Wildman–Crippen LogP) is 3.89. The Morgan fingerprint density at radius 1 is 1.13 bits per heavy atom. The van der Waals surface area contributed by atoms with Crippen molar-refractivity contribution in [1.29, 1.82) is 5.26 Å². The molecule has 2 unspecified atom stereocenters. The number of piperidine rings is 1. The van der Waals surface area contributed by atoms with Gasteiger partial charge in [0.1, 0.15) is 12.4 Å². The van der Waals surface area contributed by atoms with E-state index in [9.17, 15) is 14.0 Å². The molecule has 2 fully saturated rings. The van der Waals surface area contributed by atoms with E-state index in [1.165, 1.54) is 12.1 Å². The summed E-state index contributed by atoms with van der Waals surface area (Å²) in [6.07, 6.45) is 0.444. The molecule has 2 aliphatic heterocycles. The highest BCUT2D eigenvalue weighted by molar-refractivity contribution is 5.98. The molecule has 2 aliphatic rings. The third kappa shape index (κ3) is 4.59. The average Bonchev–Trinajstić information content (AvgIpc) is 2.78. The van der Waals surface area contributed by atoms with Crippen LogP contribution in [0.5, 0.6) is 0 Å². The number of rotatable bonds is 5. The van der Waals surface area contributed by atoms with Crippen LogP contribution in [0, 0.1) is 23.1 Å². The highest BCUT2D eigenvalue weighted by atomic mass is 19.1. The van der Waals surface area contributed by atoms with E-state index < -0.39 is 11.9 Å². The first-order valence-corrected chi connectivity index (χ1v) is 10.3. The van der Waals surface area contributed by atoms with Gasteiger partial charge in [-0.25, -0.2) is 9.18 Å². The zero-order valence-corrected chi connectivity index (χ0v) is 17.0. The van der Waals surface area contributed by atoms with Crippen LogP contribution >= 0.6 is 0 Å². The summed E-state index contributed by atoms with van der Waals surface area (Å²) < 4.78 is 25.3. The summed E-state index contributed by atoms with van der Waals surface area (Å²) >= 11 is 0. The van der Waals surface area contributed by atoms with Crippen LogP contribution in [0.25, 0.3) is 0 Å². The van der Waals surface area contributed by atoms with E-state index in [4.69, 9.17) is 14.7 Å². The van der Waals surface area contributed by atoms with Crippen LogP contribution in [0.2, 0.25) is 0 Å². The molecule has 31 heavy (non-hydrogen) atoms. The minimum atomic E-state index is -0.544. The van der Waals surface area contributed by atoms with E-state index in [-0.39, 0.29) is 42.4 Å². The summed E-state index contributed by atoms with van der Waals surface area (Å²) in [6.45, 7) is 0.875. The van der Waals surface area contributed by atoms with Gasteiger partial charge in [-0.1, -0.05) is 42.5 Å². The largest absolute Gasteiger partial charge is 0.445 e. The number of nitrogens with zero attached hydrogens (tertiary/aromatic N) is 2. The minimum absolute atomic E-state index is 0.0364. The smallest absolute Gasteiger partial charge is 0.410 e. The fourth-order valence-corrected chi connectivity index (χ4v) is 4.39. The van der Waals surface area contributed by atoms with Gasteiger partial charge < -0.3 is 9.47 Å². The van der Waals surface area contributed by atoms with Crippen molar-refractivity contribution in [3.63, 3.8) is 0 Å². The lowest BCUT2D eigenvalue weighted by molar-refractivity contribution is -0.0755. The Labute approximate surface area is 180 Å². The summed E-state index contributed by atoms with van der Waals surface area (Å²) in [7, 11) is 0. The van der Waals surface area contributed by atoms with Gasteiger partial charge in [-0.3, -0.25) is 9.69 Å². The zero-order valence-electron chi connectivity index (χ0n) is 17.0. The molecular formula is C24H23FN2O4. The molecule has 4 rings (SSSR count).